The molecule has 0 aromatic heterocycles. The van der Waals surface area contributed by atoms with Crippen LogP contribution in [0.5, 0.6) is 0 Å². The van der Waals surface area contributed by atoms with E-state index in [0.29, 0.717) is 24.3 Å². The Morgan fingerprint density at radius 3 is 2.56 bits per heavy atom. The van der Waals surface area contributed by atoms with Gasteiger partial charge >= 0.3 is 0 Å². The minimum absolute atomic E-state index is 0.0444. The SMILES string of the molecule is O=C1CC(C(=O)N2CCN(Cc3ccccc3)CC2)c2ccc(F)cc2N1. The number of rotatable bonds is 3. The number of anilines is 1. The van der Waals surface area contributed by atoms with Crippen LogP contribution < -0.4 is 5.32 Å². The van der Waals surface area contributed by atoms with Crippen LogP contribution in [-0.2, 0) is 16.1 Å². The molecule has 2 aromatic carbocycles. The summed E-state index contributed by atoms with van der Waals surface area (Å²) in [4.78, 5) is 29.2. The number of piperazine rings is 1. The summed E-state index contributed by atoms with van der Waals surface area (Å²) >= 11 is 0. The zero-order valence-electron chi connectivity index (χ0n) is 15.0. The molecule has 2 amide bonds. The normalized spacial score (nSPS) is 20.1. The number of halogens is 1. The molecule has 2 aliphatic heterocycles. The molecule has 0 spiro atoms. The maximum atomic E-state index is 13.5. The number of nitrogens with one attached hydrogen (secondary N) is 1. The van der Waals surface area contributed by atoms with Gasteiger partial charge in [0.25, 0.3) is 0 Å². The highest BCUT2D eigenvalue weighted by Gasteiger charge is 2.34. The molecular formula is C21H22FN3O2. The Morgan fingerprint density at radius 2 is 1.81 bits per heavy atom. The van der Waals surface area contributed by atoms with Crippen LogP contribution in [0.2, 0.25) is 0 Å². The first kappa shape index (κ1) is 17.7. The average molecular weight is 367 g/mol. The molecule has 6 heteroatoms. The van der Waals surface area contributed by atoms with Crippen molar-refractivity contribution in [2.24, 2.45) is 0 Å². The van der Waals surface area contributed by atoms with Crippen LogP contribution in [0.25, 0.3) is 0 Å². The third kappa shape index (κ3) is 3.85. The van der Waals surface area contributed by atoms with E-state index in [-0.39, 0.29) is 18.2 Å². The minimum Gasteiger partial charge on any atom is -0.340 e. The van der Waals surface area contributed by atoms with E-state index >= 15 is 0 Å². The van der Waals surface area contributed by atoms with Gasteiger partial charge in [-0.05, 0) is 23.3 Å². The number of benzene rings is 2. The second kappa shape index (κ2) is 7.48. The Balaban J connectivity index is 1.42. The summed E-state index contributed by atoms with van der Waals surface area (Å²) in [6.45, 7) is 3.75. The molecular weight excluding hydrogens is 345 g/mol. The second-order valence-corrected chi connectivity index (χ2v) is 7.12. The summed E-state index contributed by atoms with van der Waals surface area (Å²) in [5.41, 5.74) is 2.37. The summed E-state index contributed by atoms with van der Waals surface area (Å²) in [6, 6.07) is 14.5. The third-order valence-electron chi connectivity index (χ3n) is 5.29. The minimum atomic E-state index is -0.532. The maximum absolute atomic E-state index is 13.5. The molecule has 1 atom stereocenters. The fraction of sp³-hybridized carbons (Fsp3) is 0.333. The first-order valence-electron chi connectivity index (χ1n) is 9.24. The molecule has 0 bridgehead atoms. The molecule has 1 unspecified atom stereocenters. The van der Waals surface area contributed by atoms with Crippen molar-refractivity contribution in [2.75, 3.05) is 31.5 Å². The summed E-state index contributed by atoms with van der Waals surface area (Å²) in [5.74, 6) is -1.24. The maximum Gasteiger partial charge on any atom is 0.230 e. The summed E-state index contributed by atoms with van der Waals surface area (Å²) < 4.78 is 13.5. The van der Waals surface area contributed by atoms with Crippen molar-refractivity contribution in [2.45, 2.75) is 18.9 Å². The van der Waals surface area contributed by atoms with Crippen molar-refractivity contribution < 1.29 is 14.0 Å². The Kier molecular flexibility index (Phi) is 4.90. The first-order valence-corrected chi connectivity index (χ1v) is 9.24. The van der Waals surface area contributed by atoms with Gasteiger partial charge in [-0.3, -0.25) is 14.5 Å². The molecule has 0 radical (unpaired) electrons. The topological polar surface area (TPSA) is 52.7 Å². The molecule has 1 saturated heterocycles. The zero-order valence-corrected chi connectivity index (χ0v) is 15.0. The van der Waals surface area contributed by atoms with Crippen LogP contribution in [0.4, 0.5) is 10.1 Å². The van der Waals surface area contributed by atoms with E-state index in [1.807, 2.05) is 23.1 Å². The van der Waals surface area contributed by atoms with E-state index < -0.39 is 11.7 Å². The van der Waals surface area contributed by atoms with Gasteiger partial charge < -0.3 is 10.2 Å². The van der Waals surface area contributed by atoms with Crippen LogP contribution >= 0.6 is 0 Å². The van der Waals surface area contributed by atoms with Crippen LogP contribution in [-0.4, -0.2) is 47.8 Å². The summed E-state index contributed by atoms with van der Waals surface area (Å²) in [5, 5.41) is 2.66. The van der Waals surface area contributed by atoms with E-state index in [4.69, 9.17) is 0 Å². The summed E-state index contributed by atoms with van der Waals surface area (Å²) in [7, 11) is 0. The summed E-state index contributed by atoms with van der Waals surface area (Å²) in [6.07, 6.45) is 0.113. The highest BCUT2D eigenvalue weighted by molar-refractivity contribution is 6.01. The highest BCUT2D eigenvalue weighted by Crippen LogP contribution is 2.34. The largest absolute Gasteiger partial charge is 0.340 e. The lowest BCUT2D eigenvalue weighted by Crippen LogP contribution is -2.50. The quantitative estimate of drug-likeness (QED) is 0.907. The van der Waals surface area contributed by atoms with E-state index in [1.54, 1.807) is 6.07 Å². The van der Waals surface area contributed by atoms with Crippen molar-refractivity contribution >= 4 is 17.5 Å². The molecule has 27 heavy (non-hydrogen) atoms. The predicted octanol–water partition coefficient (Wildman–Crippen LogP) is 2.60. The van der Waals surface area contributed by atoms with Gasteiger partial charge in [-0.2, -0.15) is 0 Å². The van der Waals surface area contributed by atoms with Crippen molar-refractivity contribution in [3.05, 3.63) is 65.5 Å². The monoisotopic (exact) mass is 367 g/mol. The van der Waals surface area contributed by atoms with E-state index in [1.165, 1.54) is 17.7 Å². The predicted molar refractivity (Wildman–Crippen MR) is 101 cm³/mol. The molecule has 140 valence electrons. The highest BCUT2D eigenvalue weighted by atomic mass is 19.1. The molecule has 0 saturated carbocycles. The van der Waals surface area contributed by atoms with Gasteiger partial charge in [0.05, 0.1) is 5.92 Å². The lowest BCUT2D eigenvalue weighted by atomic mass is 9.89. The van der Waals surface area contributed by atoms with Gasteiger partial charge in [0.2, 0.25) is 11.8 Å². The van der Waals surface area contributed by atoms with Gasteiger partial charge in [-0.1, -0.05) is 36.4 Å². The molecule has 1 fully saturated rings. The molecule has 4 rings (SSSR count). The molecule has 5 nitrogen and oxygen atoms in total. The van der Waals surface area contributed by atoms with Gasteiger partial charge in [-0.15, -0.1) is 0 Å². The van der Waals surface area contributed by atoms with Crippen molar-refractivity contribution in [1.82, 2.24) is 9.80 Å². The zero-order chi connectivity index (χ0) is 18.8. The Bertz CT molecular complexity index is 848. The van der Waals surface area contributed by atoms with E-state index in [9.17, 15) is 14.0 Å². The second-order valence-electron chi connectivity index (χ2n) is 7.12. The number of carbonyl (C=O) groups is 2. The molecule has 1 N–H and O–H groups in total. The van der Waals surface area contributed by atoms with Crippen molar-refractivity contribution in [3.8, 4) is 0 Å². The molecule has 0 aliphatic carbocycles. The van der Waals surface area contributed by atoms with Crippen molar-refractivity contribution in [1.29, 1.82) is 0 Å². The van der Waals surface area contributed by atoms with Crippen molar-refractivity contribution in [3.63, 3.8) is 0 Å². The van der Waals surface area contributed by atoms with Gasteiger partial charge in [-0.25, -0.2) is 4.39 Å². The lowest BCUT2D eigenvalue weighted by molar-refractivity contribution is -0.136. The van der Waals surface area contributed by atoms with Crippen LogP contribution in [0.15, 0.2) is 48.5 Å². The number of carbonyl (C=O) groups excluding carboxylic acids is 2. The van der Waals surface area contributed by atoms with Gasteiger partial charge in [0, 0.05) is 44.8 Å². The fourth-order valence-electron chi connectivity index (χ4n) is 3.85. The Labute approximate surface area is 157 Å². The van der Waals surface area contributed by atoms with E-state index in [0.717, 1.165) is 19.6 Å². The first-order chi connectivity index (χ1) is 13.1. The Morgan fingerprint density at radius 1 is 1.07 bits per heavy atom. The molecule has 2 aliphatic rings. The van der Waals surface area contributed by atoms with Crippen LogP contribution in [0.3, 0.4) is 0 Å². The number of hydrogen-bond acceptors (Lipinski definition) is 3. The average Bonchev–Trinajstić information content (AvgIpc) is 2.68. The molecule has 2 heterocycles. The lowest BCUT2D eigenvalue weighted by Gasteiger charge is -2.37. The van der Waals surface area contributed by atoms with Gasteiger partial charge in [0.1, 0.15) is 5.82 Å². The smallest absolute Gasteiger partial charge is 0.230 e. The number of nitrogens with zero attached hydrogens (tertiary/aromatic N) is 2. The van der Waals surface area contributed by atoms with E-state index in [2.05, 4.69) is 22.3 Å². The third-order valence-corrected chi connectivity index (χ3v) is 5.29. The van der Waals surface area contributed by atoms with Crippen LogP contribution in [0.1, 0.15) is 23.5 Å². The number of fused-ring (bicyclic) bond motifs is 1. The molecule has 2 aromatic rings. The number of amides is 2. The standard InChI is InChI=1S/C21H22FN3O2/c22-16-6-7-17-18(13-20(26)23-19(17)12-16)21(27)25-10-8-24(9-11-25)14-15-4-2-1-3-5-15/h1-7,12,18H,8-11,13-14H2,(H,23,26). The Hall–Kier alpha value is -2.73. The van der Waals surface area contributed by atoms with Crippen LogP contribution in [0, 0.1) is 5.82 Å². The van der Waals surface area contributed by atoms with Gasteiger partial charge in [0.15, 0.2) is 0 Å². The number of hydrogen-bond donors (Lipinski definition) is 1. The fourth-order valence-corrected chi connectivity index (χ4v) is 3.85.